The smallest absolute Gasteiger partial charge is 0.150 e. The number of halogens is 2. The molecule has 1 aliphatic rings. The van der Waals surface area contributed by atoms with Gasteiger partial charge in [-0.2, -0.15) is 0 Å². The summed E-state index contributed by atoms with van der Waals surface area (Å²) in [6.45, 7) is 6.72. The van der Waals surface area contributed by atoms with Crippen molar-refractivity contribution in [3.63, 3.8) is 0 Å². The highest BCUT2D eigenvalue weighted by Crippen LogP contribution is 2.49. The van der Waals surface area contributed by atoms with Gasteiger partial charge in [0.1, 0.15) is 6.29 Å². The zero-order valence-corrected chi connectivity index (χ0v) is 21.1. The summed E-state index contributed by atoms with van der Waals surface area (Å²) in [5.74, 6) is 1.52. The van der Waals surface area contributed by atoms with Crippen molar-refractivity contribution in [3.05, 3.63) is 53.1 Å². The molecule has 0 unspecified atom stereocenters. The fourth-order valence-electron chi connectivity index (χ4n) is 4.88. The van der Waals surface area contributed by atoms with Crippen molar-refractivity contribution in [2.45, 2.75) is 70.6 Å². The van der Waals surface area contributed by atoms with Crippen molar-refractivity contribution in [2.24, 2.45) is 0 Å². The molecule has 0 amide bonds. The SMILES string of the molecule is CC1(C)c2cc(C=O)ccc2-c2ccc(N(CCCCCCCl)CCCCCCCl)cc21. The molecule has 2 aromatic carbocycles. The summed E-state index contributed by atoms with van der Waals surface area (Å²) in [4.78, 5) is 13.9. The van der Waals surface area contributed by atoms with Gasteiger partial charge in [0.2, 0.25) is 0 Å². The molecule has 0 N–H and O–H groups in total. The Morgan fingerprint density at radius 1 is 0.750 bits per heavy atom. The molecule has 2 aromatic rings. The molecule has 0 spiro atoms. The maximum absolute atomic E-state index is 11.3. The molecule has 0 saturated heterocycles. The summed E-state index contributed by atoms with van der Waals surface area (Å²) in [6.07, 6.45) is 10.4. The Hall–Kier alpha value is -1.51. The number of hydrogen-bond acceptors (Lipinski definition) is 2. The maximum Gasteiger partial charge on any atom is 0.150 e. The number of unbranched alkanes of at least 4 members (excludes halogenated alkanes) is 6. The fraction of sp³-hybridized carbons (Fsp3) is 0.536. The fourth-order valence-corrected chi connectivity index (χ4v) is 5.26. The molecule has 32 heavy (non-hydrogen) atoms. The number of nitrogens with zero attached hydrogens (tertiary/aromatic N) is 1. The van der Waals surface area contributed by atoms with Crippen molar-refractivity contribution >= 4 is 35.2 Å². The van der Waals surface area contributed by atoms with Gasteiger partial charge in [0.25, 0.3) is 0 Å². The molecule has 4 heteroatoms. The van der Waals surface area contributed by atoms with Crippen LogP contribution in [0, 0.1) is 0 Å². The molecule has 0 aromatic heterocycles. The van der Waals surface area contributed by atoms with E-state index in [1.54, 1.807) is 0 Å². The Balaban J connectivity index is 1.79. The summed E-state index contributed by atoms with van der Waals surface area (Å²) >= 11 is 11.7. The van der Waals surface area contributed by atoms with E-state index in [1.165, 1.54) is 66.5 Å². The quantitative estimate of drug-likeness (QED) is 0.156. The molecule has 2 nitrogen and oxygen atoms in total. The number of carbonyl (C=O) groups is 1. The number of benzene rings is 2. The van der Waals surface area contributed by atoms with Crippen molar-refractivity contribution in [3.8, 4) is 11.1 Å². The van der Waals surface area contributed by atoms with Gasteiger partial charge in [0, 0.05) is 41.5 Å². The molecule has 0 saturated carbocycles. The lowest BCUT2D eigenvalue weighted by molar-refractivity contribution is 0.112. The van der Waals surface area contributed by atoms with Gasteiger partial charge < -0.3 is 4.90 Å². The van der Waals surface area contributed by atoms with E-state index in [1.807, 2.05) is 6.07 Å². The second-order valence-electron chi connectivity index (χ2n) is 9.47. The molecule has 0 heterocycles. The molecule has 0 aliphatic heterocycles. The van der Waals surface area contributed by atoms with Crippen LogP contribution in [0.1, 0.15) is 86.7 Å². The lowest BCUT2D eigenvalue weighted by atomic mass is 9.82. The number of fused-ring (bicyclic) bond motifs is 3. The van der Waals surface area contributed by atoms with Crippen LogP contribution in [0.3, 0.4) is 0 Å². The zero-order chi connectivity index (χ0) is 23.0. The van der Waals surface area contributed by atoms with Crippen molar-refractivity contribution in [1.82, 2.24) is 0 Å². The Kier molecular flexibility index (Phi) is 9.49. The van der Waals surface area contributed by atoms with E-state index in [2.05, 4.69) is 49.1 Å². The lowest BCUT2D eigenvalue weighted by Crippen LogP contribution is -2.26. The van der Waals surface area contributed by atoms with Crippen LogP contribution in [0.2, 0.25) is 0 Å². The molecule has 0 atom stereocenters. The summed E-state index contributed by atoms with van der Waals surface area (Å²) in [5.41, 5.74) is 7.14. The van der Waals surface area contributed by atoms with Gasteiger partial charge in [0.15, 0.2) is 0 Å². The van der Waals surface area contributed by atoms with Crippen molar-refractivity contribution < 1.29 is 4.79 Å². The van der Waals surface area contributed by atoms with Crippen LogP contribution in [-0.4, -0.2) is 31.1 Å². The predicted octanol–water partition coefficient (Wildman–Crippen LogP) is 8.21. The standard InChI is InChI=1S/C28H37Cl2NO/c1-28(2)26-19-22(21-32)11-13-24(26)25-14-12-23(20-27(25)28)31(17-9-5-3-7-15-29)18-10-6-4-8-16-30/h11-14,19-21H,3-10,15-18H2,1-2H3. The molecular formula is C28H37Cl2NO. The third-order valence-electron chi connectivity index (χ3n) is 6.81. The number of rotatable bonds is 14. The van der Waals surface area contributed by atoms with E-state index in [0.717, 1.165) is 49.5 Å². The Morgan fingerprint density at radius 3 is 1.84 bits per heavy atom. The van der Waals surface area contributed by atoms with Gasteiger partial charge >= 0.3 is 0 Å². The number of hydrogen-bond donors (Lipinski definition) is 0. The van der Waals surface area contributed by atoms with E-state index in [-0.39, 0.29) is 5.41 Å². The number of alkyl halides is 2. The van der Waals surface area contributed by atoms with Gasteiger partial charge in [-0.05, 0) is 66.1 Å². The third kappa shape index (κ3) is 5.88. The molecule has 1 aliphatic carbocycles. The normalized spacial score (nSPS) is 13.6. The zero-order valence-electron chi connectivity index (χ0n) is 19.6. The van der Waals surface area contributed by atoms with Crippen LogP contribution in [0.15, 0.2) is 36.4 Å². The monoisotopic (exact) mass is 473 g/mol. The van der Waals surface area contributed by atoms with Crippen LogP contribution >= 0.6 is 23.2 Å². The summed E-state index contributed by atoms with van der Waals surface area (Å²) in [6, 6.07) is 13.1. The van der Waals surface area contributed by atoms with Crippen LogP contribution in [0.5, 0.6) is 0 Å². The second kappa shape index (κ2) is 12.1. The minimum absolute atomic E-state index is 0.105. The second-order valence-corrected chi connectivity index (χ2v) is 10.2. The summed E-state index contributed by atoms with van der Waals surface area (Å²) in [5, 5.41) is 0. The number of carbonyl (C=O) groups excluding carboxylic acids is 1. The van der Waals surface area contributed by atoms with Gasteiger partial charge in [-0.1, -0.05) is 57.7 Å². The molecule has 0 fully saturated rings. The van der Waals surface area contributed by atoms with Crippen LogP contribution in [0.25, 0.3) is 11.1 Å². The Bertz CT molecular complexity index is 879. The average molecular weight is 475 g/mol. The van der Waals surface area contributed by atoms with Crippen LogP contribution in [0.4, 0.5) is 5.69 Å². The highest BCUT2D eigenvalue weighted by atomic mass is 35.5. The van der Waals surface area contributed by atoms with Gasteiger partial charge in [-0.15, -0.1) is 23.2 Å². The van der Waals surface area contributed by atoms with E-state index >= 15 is 0 Å². The van der Waals surface area contributed by atoms with Crippen LogP contribution in [-0.2, 0) is 5.41 Å². The topological polar surface area (TPSA) is 20.3 Å². The third-order valence-corrected chi connectivity index (χ3v) is 7.34. The first-order chi connectivity index (χ1) is 15.5. The predicted molar refractivity (Wildman–Crippen MR) is 140 cm³/mol. The molecular weight excluding hydrogens is 437 g/mol. The number of aldehydes is 1. The van der Waals surface area contributed by atoms with Gasteiger partial charge in [-0.25, -0.2) is 0 Å². The molecule has 0 bridgehead atoms. The minimum Gasteiger partial charge on any atom is -0.372 e. The average Bonchev–Trinajstić information content (AvgIpc) is 3.03. The van der Waals surface area contributed by atoms with Crippen molar-refractivity contribution in [1.29, 1.82) is 0 Å². The molecule has 0 radical (unpaired) electrons. The maximum atomic E-state index is 11.3. The van der Waals surface area contributed by atoms with E-state index in [0.29, 0.717) is 0 Å². The van der Waals surface area contributed by atoms with E-state index in [4.69, 9.17) is 23.2 Å². The highest BCUT2D eigenvalue weighted by Gasteiger charge is 2.36. The highest BCUT2D eigenvalue weighted by molar-refractivity contribution is 6.18. The van der Waals surface area contributed by atoms with Crippen LogP contribution < -0.4 is 4.90 Å². The first kappa shape index (κ1) is 25.1. The van der Waals surface area contributed by atoms with E-state index < -0.39 is 0 Å². The largest absolute Gasteiger partial charge is 0.372 e. The first-order valence-electron chi connectivity index (χ1n) is 12.1. The van der Waals surface area contributed by atoms with Crippen molar-refractivity contribution in [2.75, 3.05) is 29.7 Å². The first-order valence-corrected chi connectivity index (χ1v) is 13.2. The Labute approximate surface area is 204 Å². The summed E-state index contributed by atoms with van der Waals surface area (Å²) in [7, 11) is 0. The van der Waals surface area contributed by atoms with Gasteiger partial charge in [0.05, 0.1) is 0 Å². The minimum atomic E-state index is -0.105. The molecule has 174 valence electrons. The lowest BCUT2D eigenvalue weighted by Gasteiger charge is -2.28. The Morgan fingerprint density at radius 2 is 1.28 bits per heavy atom. The summed E-state index contributed by atoms with van der Waals surface area (Å²) < 4.78 is 0. The molecule has 3 rings (SSSR count). The van der Waals surface area contributed by atoms with E-state index in [9.17, 15) is 4.79 Å². The number of anilines is 1. The van der Waals surface area contributed by atoms with Gasteiger partial charge in [-0.3, -0.25) is 4.79 Å².